The molecule has 0 saturated carbocycles. The highest BCUT2D eigenvalue weighted by Gasteiger charge is 2.26. The summed E-state index contributed by atoms with van der Waals surface area (Å²) < 4.78 is 21.0. The van der Waals surface area contributed by atoms with Crippen LogP contribution in [0.15, 0.2) is 0 Å². The third-order valence-corrected chi connectivity index (χ3v) is 2.88. The third-order valence-electron chi connectivity index (χ3n) is 1.99. The summed E-state index contributed by atoms with van der Waals surface area (Å²) in [5.74, 6) is 0. The SMILES string of the molecule is CCC1CCCN1S(=O)O. The Hall–Kier alpha value is 0.0700. The Labute approximate surface area is 63.8 Å². The molecule has 4 heteroatoms. The van der Waals surface area contributed by atoms with Gasteiger partial charge in [-0.15, -0.1) is 0 Å². The number of hydrogen-bond donors (Lipinski definition) is 1. The van der Waals surface area contributed by atoms with Crippen molar-refractivity contribution in [1.29, 1.82) is 0 Å². The molecule has 3 nitrogen and oxygen atoms in total. The lowest BCUT2D eigenvalue weighted by Crippen LogP contribution is -2.30. The molecule has 2 atom stereocenters. The molecule has 1 heterocycles. The maximum atomic E-state index is 10.6. The van der Waals surface area contributed by atoms with Crippen LogP contribution in [-0.4, -0.2) is 25.7 Å². The van der Waals surface area contributed by atoms with Crippen LogP contribution in [-0.2, 0) is 11.3 Å². The van der Waals surface area contributed by atoms with Crippen molar-refractivity contribution in [3.8, 4) is 0 Å². The van der Waals surface area contributed by atoms with E-state index in [4.69, 9.17) is 4.55 Å². The first kappa shape index (κ1) is 8.17. The zero-order valence-electron chi connectivity index (χ0n) is 6.12. The third kappa shape index (κ3) is 1.56. The van der Waals surface area contributed by atoms with Gasteiger partial charge in [-0.05, 0) is 19.3 Å². The van der Waals surface area contributed by atoms with E-state index in [-0.39, 0.29) is 0 Å². The molecular weight excluding hydrogens is 150 g/mol. The minimum atomic E-state index is -1.74. The predicted molar refractivity (Wildman–Crippen MR) is 40.8 cm³/mol. The van der Waals surface area contributed by atoms with Gasteiger partial charge in [0.2, 0.25) is 11.3 Å². The van der Waals surface area contributed by atoms with Gasteiger partial charge >= 0.3 is 0 Å². The second kappa shape index (κ2) is 3.46. The average molecular weight is 163 g/mol. The summed E-state index contributed by atoms with van der Waals surface area (Å²) in [4.78, 5) is 0. The van der Waals surface area contributed by atoms with Crippen molar-refractivity contribution in [3.05, 3.63) is 0 Å². The van der Waals surface area contributed by atoms with Crippen LogP contribution in [0.25, 0.3) is 0 Å². The van der Waals surface area contributed by atoms with Crippen molar-refractivity contribution in [3.63, 3.8) is 0 Å². The summed E-state index contributed by atoms with van der Waals surface area (Å²) in [7, 11) is 0. The summed E-state index contributed by atoms with van der Waals surface area (Å²) in [5.41, 5.74) is 0. The van der Waals surface area contributed by atoms with E-state index in [0.29, 0.717) is 6.04 Å². The first-order valence-electron chi connectivity index (χ1n) is 3.63. The normalized spacial score (nSPS) is 30.8. The lowest BCUT2D eigenvalue weighted by Gasteiger charge is -2.17. The van der Waals surface area contributed by atoms with Crippen LogP contribution >= 0.6 is 0 Å². The van der Waals surface area contributed by atoms with Crippen LogP contribution in [0.3, 0.4) is 0 Å². The van der Waals surface area contributed by atoms with E-state index in [1.54, 1.807) is 4.31 Å². The Bertz CT molecular complexity index is 140. The second-order valence-electron chi connectivity index (χ2n) is 2.58. The Morgan fingerprint density at radius 1 is 1.80 bits per heavy atom. The van der Waals surface area contributed by atoms with Crippen LogP contribution in [0, 0.1) is 0 Å². The van der Waals surface area contributed by atoms with Gasteiger partial charge in [0.15, 0.2) is 0 Å². The van der Waals surface area contributed by atoms with Crippen LogP contribution in [0.1, 0.15) is 26.2 Å². The predicted octanol–water partition coefficient (Wildman–Crippen LogP) is 0.998. The van der Waals surface area contributed by atoms with Gasteiger partial charge in [0.25, 0.3) is 0 Å². The van der Waals surface area contributed by atoms with Crippen LogP contribution in [0.2, 0.25) is 0 Å². The second-order valence-corrected chi connectivity index (χ2v) is 3.51. The smallest absolute Gasteiger partial charge is 0.234 e. The molecule has 2 unspecified atom stereocenters. The molecule has 1 aliphatic rings. The lowest BCUT2D eigenvalue weighted by atomic mass is 10.2. The van der Waals surface area contributed by atoms with E-state index in [1.807, 2.05) is 0 Å². The molecule has 0 bridgehead atoms. The Balaban J connectivity index is 2.50. The Kier molecular flexibility index (Phi) is 2.82. The summed E-state index contributed by atoms with van der Waals surface area (Å²) in [6.07, 6.45) is 3.11. The Morgan fingerprint density at radius 2 is 2.50 bits per heavy atom. The summed E-state index contributed by atoms with van der Waals surface area (Å²) in [6, 6.07) is 0.339. The van der Waals surface area contributed by atoms with Crippen LogP contribution in [0.5, 0.6) is 0 Å². The first-order chi connectivity index (χ1) is 4.75. The molecule has 0 aromatic heterocycles. The van der Waals surface area contributed by atoms with Gasteiger partial charge in [-0.25, -0.2) is 4.21 Å². The highest BCUT2D eigenvalue weighted by atomic mass is 32.2. The summed E-state index contributed by atoms with van der Waals surface area (Å²) in [5, 5.41) is 0. The maximum absolute atomic E-state index is 10.6. The molecule has 1 fully saturated rings. The van der Waals surface area contributed by atoms with Crippen molar-refractivity contribution >= 4 is 11.3 Å². The molecule has 0 aliphatic carbocycles. The number of hydrogen-bond acceptors (Lipinski definition) is 1. The van der Waals surface area contributed by atoms with Crippen molar-refractivity contribution in [2.75, 3.05) is 6.54 Å². The van der Waals surface area contributed by atoms with Gasteiger partial charge in [-0.2, -0.15) is 4.31 Å². The van der Waals surface area contributed by atoms with E-state index < -0.39 is 11.3 Å². The van der Waals surface area contributed by atoms with Gasteiger partial charge in [-0.3, -0.25) is 4.55 Å². The fourth-order valence-electron chi connectivity index (χ4n) is 1.42. The monoisotopic (exact) mass is 163 g/mol. The first-order valence-corrected chi connectivity index (χ1v) is 4.69. The molecule has 10 heavy (non-hydrogen) atoms. The topological polar surface area (TPSA) is 40.5 Å². The van der Waals surface area contributed by atoms with Gasteiger partial charge in [0.1, 0.15) is 0 Å². The molecule has 0 amide bonds. The van der Waals surface area contributed by atoms with Crippen molar-refractivity contribution in [2.45, 2.75) is 32.2 Å². The van der Waals surface area contributed by atoms with Crippen molar-refractivity contribution < 1.29 is 8.76 Å². The molecule has 1 rings (SSSR count). The highest BCUT2D eigenvalue weighted by molar-refractivity contribution is 7.76. The van der Waals surface area contributed by atoms with Gasteiger partial charge in [-0.1, -0.05) is 6.92 Å². The fraction of sp³-hybridized carbons (Fsp3) is 1.00. The minimum Gasteiger partial charge on any atom is -0.294 e. The van der Waals surface area contributed by atoms with Crippen LogP contribution < -0.4 is 0 Å². The number of nitrogens with zero attached hydrogens (tertiary/aromatic N) is 1. The summed E-state index contributed by atoms with van der Waals surface area (Å²) in [6.45, 7) is 2.83. The highest BCUT2D eigenvalue weighted by Crippen LogP contribution is 2.20. The van der Waals surface area contributed by atoms with E-state index in [9.17, 15) is 4.21 Å². The molecule has 0 spiro atoms. The average Bonchev–Trinajstić information content (AvgIpc) is 2.33. The fourth-order valence-corrected chi connectivity index (χ4v) is 2.22. The van der Waals surface area contributed by atoms with Crippen LogP contribution in [0.4, 0.5) is 0 Å². The van der Waals surface area contributed by atoms with E-state index >= 15 is 0 Å². The molecule has 0 aromatic carbocycles. The van der Waals surface area contributed by atoms with Gasteiger partial charge in [0.05, 0.1) is 0 Å². The number of rotatable bonds is 2. The molecule has 1 saturated heterocycles. The zero-order chi connectivity index (χ0) is 7.56. The van der Waals surface area contributed by atoms with Gasteiger partial charge < -0.3 is 0 Å². The maximum Gasteiger partial charge on any atom is 0.234 e. The van der Waals surface area contributed by atoms with Crippen molar-refractivity contribution in [1.82, 2.24) is 4.31 Å². The molecule has 0 aromatic rings. The van der Waals surface area contributed by atoms with E-state index in [2.05, 4.69) is 6.92 Å². The molecule has 60 valence electrons. The Morgan fingerprint density at radius 3 is 2.90 bits per heavy atom. The van der Waals surface area contributed by atoms with Crippen molar-refractivity contribution in [2.24, 2.45) is 0 Å². The van der Waals surface area contributed by atoms with Gasteiger partial charge in [0, 0.05) is 12.6 Å². The van der Waals surface area contributed by atoms with E-state index in [0.717, 1.165) is 25.8 Å². The summed E-state index contributed by atoms with van der Waals surface area (Å²) >= 11 is -1.74. The standard InChI is InChI=1S/C6H13NO2S/c1-2-6-4-3-5-7(6)10(8)9/h6H,2-5H2,1H3,(H,8,9). The lowest BCUT2D eigenvalue weighted by molar-refractivity contribution is 0.368. The largest absolute Gasteiger partial charge is 0.294 e. The quantitative estimate of drug-likeness (QED) is 0.617. The molecule has 0 radical (unpaired) electrons. The zero-order valence-corrected chi connectivity index (χ0v) is 6.93. The minimum absolute atomic E-state index is 0.339. The van der Waals surface area contributed by atoms with E-state index in [1.165, 1.54) is 0 Å². The molecule has 1 N–H and O–H groups in total. The molecule has 1 aliphatic heterocycles. The molecular formula is C6H13NO2S.